The first-order valence-electron chi connectivity index (χ1n) is 6.99. The van der Waals surface area contributed by atoms with Crippen LogP contribution in [0.2, 0.25) is 0 Å². The lowest BCUT2D eigenvalue weighted by Crippen LogP contribution is -2.31. The number of anilines is 1. The summed E-state index contributed by atoms with van der Waals surface area (Å²) < 4.78 is 0. The van der Waals surface area contributed by atoms with Gasteiger partial charge >= 0.3 is 0 Å². The Bertz CT molecular complexity index is 677. The fourth-order valence-electron chi connectivity index (χ4n) is 3.09. The van der Waals surface area contributed by atoms with Crippen LogP contribution in [0.3, 0.4) is 0 Å². The van der Waals surface area contributed by atoms with Crippen LogP contribution >= 0.6 is 11.8 Å². The summed E-state index contributed by atoms with van der Waals surface area (Å²) in [6.07, 6.45) is 7.78. The van der Waals surface area contributed by atoms with Crippen molar-refractivity contribution in [3.63, 3.8) is 0 Å². The van der Waals surface area contributed by atoms with Crippen LogP contribution in [-0.4, -0.2) is 34.5 Å². The molecule has 1 fully saturated rings. The molecule has 0 bridgehead atoms. The third kappa shape index (κ3) is 2.55. The van der Waals surface area contributed by atoms with Crippen molar-refractivity contribution in [2.75, 3.05) is 23.5 Å². The van der Waals surface area contributed by atoms with Crippen molar-refractivity contribution in [1.82, 2.24) is 4.98 Å². The van der Waals surface area contributed by atoms with E-state index >= 15 is 0 Å². The normalized spacial score (nSPS) is 18.3. The van der Waals surface area contributed by atoms with Gasteiger partial charge in [0, 0.05) is 47.9 Å². The van der Waals surface area contributed by atoms with Gasteiger partial charge in [-0.05, 0) is 31.2 Å². The summed E-state index contributed by atoms with van der Waals surface area (Å²) in [5.74, 6) is 1.09. The third-order valence-corrected chi connectivity index (χ3v) is 4.73. The van der Waals surface area contributed by atoms with Gasteiger partial charge in [-0.2, -0.15) is 11.8 Å². The zero-order chi connectivity index (χ0) is 14.8. The lowest BCUT2D eigenvalue weighted by Gasteiger charge is -2.27. The van der Waals surface area contributed by atoms with Gasteiger partial charge in [-0.1, -0.05) is 0 Å². The molecule has 1 aromatic heterocycles. The zero-order valence-corrected chi connectivity index (χ0v) is 12.7. The Labute approximate surface area is 127 Å². The van der Waals surface area contributed by atoms with E-state index in [1.165, 1.54) is 12.8 Å². The standard InChI is InChI=1S/C15H17N3O2S/c1-21-10-11-3-2-8-17(11)14-4-5-15(18(19)20)13-9-16-7-6-12(13)14/h4-7,9,11H,2-3,8,10H2,1H3. The maximum Gasteiger partial charge on any atom is 0.278 e. The fraction of sp³-hybridized carbons (Fsp3) is 0.400. The first-order chi connectivity index (χ1) is 10.2. The van der Waals surface area contributed by atoms with Crippen molar-refractivity contribution in [2.24, 2.45) is 0 Å². The Kier molecular flexibility index (Phi) is 3.96. The Balaban J connectivity index is 2.11. The van der Waals surface area contributed by atoms with E-state index in [2.05, 4.69) is 16.1 Å². The number of nitrogens with zero attached hydrogens (tertiary/aromatic N) is 3. The Morgan fingerprint density at radius 1 is 1.43 bits per heavy atom. The highest BCUT2D eigenvalue weighted by Gasteiger charge is 2.26. The Hall–Kier alpha value is -1.82. The summed E-state index contributed by atoms with van der Waals surface area (Å²) in [6, 6.07) is 5.89. The molecule has 6 heteroatoms. The summed E-state index contributed by atoms with van der Waals surface area (Å²) in [5.41, 5.74) is 1.22. The highest BCUT2D eigenvalue weighted by atomic mass is 32.2. The maximum atomic E-state index is 11.2. The predicted octanol–water partition coefficient (Wildman–Crippen LogP) is 3.47. The molecule has 0 N–H and O–H groups in total. The highest BCUT2D eigenvalue weighted by Crippen LogP contribution is 2.36. The van der Waals surface area contributed by atoms with Crippen LogP contribution in [0.15, 0.2) is 30.6 Å². The van der Waals surface area contributed by atoms with Crippen LogP contribution in [0, 0.1) is 10.1 Å². The van der Waals surface area contributed by atoms with Gasteiger partial charge in [0.05, 0.1) is 10.3 Å². The number of fused-ring (bicyclic) bond motifs is 1. The molecular formula is C15H17N3O2S. The average Bonchev–Trinajstić information content (AvgIpc) is 2.94. The number of nitro benzene ring substituents is 1. The second-order valence-electron chi connectivity index (χ2n) is 5.23. The first kappa shape index (κ1) is 14.1. The van der Waals surface area contributed by atoms with Gasteiger partial charge in [-0.25, -0.2) is 0 Å². The van der Waals surface area contributed by atoms with Crippen molar-refractivity contribution in [3.8, 4) is 0 Å². The minimum atomic E-state index is -0.336. The summed E-state index contributed by atoms with van der Waals surface area (Å²) in [4.78, 5) is 17.3. The van der Waals surface area contributed by atoms with Crippen molar-refractivity contribution < 1.29 is 4.92 Å². The van der Waals surface area contributed by atoms with Crippen LogP contribution in [0.5, 0.6) is 0 Å². The quantitative estimate of drug-likeness (QED) is 0.639. The van der Waals surface area contributed by atoms with Gasteiger partial charge in [0.2, 0.25) is 0 Å². The smallest absolute Gasteiger partial charge is 0.278 e. The molecule has 1 atom stereocenters. The van der Waals surface area contributed by atoms with Gasteiger partial charge in [0.15, 0.2) is 0 Å². The predicted molar refractivity (Wildman–Crippen MR) is 87.1 cm³/mol. The van der Waals surface area contributed by atoms with Crippen molar-refractivity contribution in [3.05, 3.63) is 40.7 Å². The van der Waals surface area contributed by atoms with Gasteiger partial charge in [-0.3, -0.25) is 15.1 Å². The van der Waals surface area contributed by atoms with E-state index in [4.69, 9.17) is 0 Å². The van der Waals surface area contributed by atoms with Crippen LogP contribution in [0.4, 0.5) is 11.4 Å². The average molecular weight is 303 g/mol. The lowest BCUT2D eigenvalue weighted by molar-refractivity contribution is -0.383. The summed E-state index contributed by atoms with van der Waals surface area (Å²) in [6.45, 7) is 1.01. The Morgan fingerprint density at radius 2 is 2.29 bits per heavy atom. The summed E-state index contributed by atoms with van der Waals surface area (Å²) >= 11 is 1.85. The number of pyridine rings is 1. The molecule has 3 rings (SSSR count). The maximum absolute atomic E-state index is 11.2. The second kappa shape index (κ2) is 5.89. The van der Waals surface area contributed by atoms with E-state index in [1.54, 1.807) is 18.5 Å². The SMILES string of the molecule is CSCC1CCCN1c1ccc([N+](=O)[O-])c2cnccc12. The molecule has 2 aromatic rings. The van der Waals surface area contributed by atoms with Crippen molar-refractivity contribution in [2.45, 2.75) is 18.9 Å². The first-order valence-corrected chi connectivity index (χ1v) is 8.38. The lowest BCUT2D eigenvalue weighted by atomic mass is 10.1. The molecule has 5 nitrogen and oxygen atoms in total. The summed E-state index contributed by atoms with van der Waals surface area (Å²) in [7, 11) is 0. The van der Waals surface area contributed by atoms with Gasteiger partial charge < -0.3 is 4.90 Å². The molecule has 0 saturated carbocycles. The van der Waals surface area contributed by atoms with Crippen LogP contribution < -0.4 is 4.90 Å². The van der Waals surface area contributed by atoms with E-state index in [1.807, 2.05) is 23.9 Å². The largest absolute Gasteiger partial charge is 0.367 e. The molecule has 110 valence electrons. The number of nitro groups is 1. The molecule has 0 radical (unpaired) electrons. The van der Waals surface area contributed by atoms with Gasteiger partial charge in [-0.15, -0.1) is 0 Å². The molecule has 1 aliphatic heterocycles. The van der Waals surface area contributed by atoms with Crippen LogP contribution in [-0.2, 0) is 0 Å². The Morgan fingerprint density at radius 3 is 3.05 bits per heavy atom. The highest BCUT2D eigenvalue weighted by molar-refractivity contribution is 7.98. The summed E-state index contributed by atoms with van der Waals surface area (Å²) in [5, 5.41) is 12.7. The number of non-ortho nitro benzene ring substituents is 1. The molecule has 0 amide bonds. The molecule has 0 spiro atoms. The molecule has 2 heterocycles. The molecule has 1 saturated heterocycles. The van der Waals surface area contributed by atoms with E-state index in [0.29, 0.717) is 11.4 Å². The molecule has 1 aliphatic rings. The monoisotopic (exact) mass is 303 g/mol. The number of aromatic nitrogens is 1. The fourth-order valence-corrected chi connectivity index (χ4v) is 3.82. The minimum absolute atomic E-state index is 0.127. The number of thioether (sulfide) groups is 1. The molecule has 1 aromatic carbocycles. The van der Waals surface area contributed by atoms with Crippen LogP contribution in [0.25, 0.3) is 10.8 Å². The molecule has 21 heavy (non-hydrogen) atoms. The topological polar surface area (TPSA) is 59.3 Å². The molecule has 1 unspecified atom stereocenters. The number of hydrogen-bond donors (Lipinski definition) is 0. The van der Waals surface area contributed by atoms with Gasteiger partial charge in [0.1, 0.15) is 0 Å². The van der Waals surface area contributed by atoms with E-state index < -0.39 is 0 Å². The third-order valence-electron chi connectivity index (χ3n) is 4.01. The van der Waals surface area contributed by atoms with Gasteiger partial charge in [0.25, 0.3) is 5.69 Å². The number of benzene rings is 1. The zero-order valence-electron chi connectivity index (χ0n) is 11.9. The minimum Gasteiger partial charge on any atom is -0.367 e. The van der Waals surface area contributed by atoms with E-state index in [0.717, 1.165) is 23.4 Å². The number of rotatable bonds is 4. The van der Waals surface area contributed by atoms with Crippen molar-refractivity contribution in [1.29, 1.82) is 0 Å². The molecule has 0 aliphatic carbocycles. The van der Waals surface area contributed by atoms with Crippen molar-refractivity contribution >= 4 is 33.9 Å². The van der Waals surface area contributed by atoms with E-state index in [9.17, 15) is 10.1 Å². The second-order valence-corrected chi connectivity index (χ2v) is 6.14. The molecular weight excluding hydrogens is 286 g/mol. The number of hydrogen-bond acceptors (Lipinski definition) is 5. The van der Waals surface area contributed by atoms with E-state index in [-0.39, 0.29) is 10.6 Å². The van der Waals surface area contributed by atoms with Crippen LogP contribution in [0.1, 0.15) is 12.8 Å².